The van der Waals surface area contributed by atoms with Gasteiger partial charge in [0.25, 0.3) is 11.5 Å². The van der Waals surface area contributed by atoms with Gasteiger partial charge < -0.3 is 14.8 Å². The molecule has 1 aliphatic carbocycles. The maximum absolute atomic E-state index is 12.4. The number of hydrogen-bond donors (Lipinski definition) is 1. The lowest BCUT2D eigenvalue weighted by Crippen LogP contribution is -2.60. The second-order valence-corrected chi connectivity index (χ2v) is 6.27. The third kappa shape index (κ3) is 2.44. The number of carbonyl (C=O) groups is 1. The molecule has 0 unspecified atom stereocenters. The SMILES string of the molecule is CN(C(=O)c1ncc[nH]c1=O)C1CN(c2cc3c(nn2)CCC3)C1. The van der Waals surface area contributed by atoms with Gasteiger partial charge in [0.1, 0.15) is 0 Å². The number of hydrogen-bond acceptors (Lipinski definition) is 6. The summed E-state index contributed by atoms with van der Waals surface area (Å²) >= 11 is 0. The van der Waals surface area contributed by atoms with Crippen LogP contribution in [0.4, 0.5) is 5.82 Å². The molecule has 3 heterocycles. The third-order valence-corrected chi connectivity index (χ3v) is 4.77. The Kier molecular flexibility index (Phi) is 3.51. The summed E-state index contributed by atoms with van der Waals surface area (Å²) < 4.78 is 0. The fourth-order valence-electron chi connectivity index (χ4n) is 3.20. The molecule has 0 spiro atoms. The lowest BCUT2D eigenvalue weighted by Gasteiger charge is -2.44. The number of aromatic nitrogens is 4. The number of rotatable bonds is 3. The fraction of sp³-hybridized carbons (Fsp3) is 0.438. The van der Waals surface area contributed by atoms with Crippen LogP contribution in [-0.2, 0) is 12.8 Å². The van der Waals surface area contributed by atoms with Crippen molar-refractivity contribution < 1.29 is 4.79 Å². The minimum absolute atomic E-state index is 0.0361. The number of aromatic amines is 1. The number of anilines is 1. The lowest BCUT2D eigenvalue weighted by atomic mass is 10.1. The van der Waals surface area contributed by atoms with Crippen LogP contribution in [0.1, 0.15) is 28.2 Å². The van der Waals surface area contributed by atoms with Crippen molar-refractivity contribution in [2.75, 3.05) is 25.0 Å². The first-order chi connectivity index (χ1) is 11.6. The second kappa shape index (κ2) is 5.70. The molecule has 1 fully saturated rings. The second-order valence-electron chi connectivity index (χ2n) is 6.27. The molecule has 0 aromatic carbocycles. The predicted octanol–water partition coefficient (Wildman–Crippen LogP) is 0.00940. The third-order valence-electron chi connectivity index (χ3n) is 4.77. The van der Waals surface area contributed by atoms with Crippen molar-refractivity contribution in [3.63, 3.8) is 0 Å². The minimum atomic E-state index is -0.463. The maximum Gasteiger partial charge on any atom is 0.279 e. The predicted molar refractivity (Wildman–Crippen MR) is 87.0 cm³/mol. The highest BCUT2D eigenvalue weighted by molar-refractivity contribution is 5.92. The summed E-state index contributed by atoms with van der Waals surface area (Å²) in [7, 11) is 1.70. The maximum atomic E-state index is 12.4. The summed E-state index contributed by atoms with van der Waals surface area (Å²) in [5.41, 5.74) is 1.86. The minimum Gasteiger partial charge on any atom is -0.351 e. The fourth-order valence-corrected chi connectivity index (χ4v) is 3.20. The molecule has 8 nitrogen and oxygen atoms in total. The van der Waals surface area contributed by atoms with Crippen molar-refractivity contribution in [1.82, 2.24) is 25.1 Å². The van der Waals surface area contributed by atoms with E-state index in [-0.39, 0.29) is 17.6 Å². The summed E-state index contributed by atoms with van der Waals surface area (Å²) in [5, 5.41) is 8.59. The zero-order valence-corrected chi connectivity index (χ0v) is 13.4. The van der Waals surface area contributed by atoms with Gasteiger partial charge >= 0.3 is 0 Å². The molecule has 1 amide bonds. The molecule has 4 rings (SSSR count). The Bertz CT molecular complexity index is 842. The molecular formula is C16H18N6O2. The summed E-state index contributed by atoms with van der Waals surface area (Å²) in [6.07, 6.45) is 6.05. The van der Waals surface area contributed by atoms with Crippen LogP contribution in [0.3, 0.4) is 0 Å². The summed E-state index contributed by atoms with van der Waals surface area (Å²) in [4.78, 5) is 34.1. The van der Waals surface area contributed by atoms with E-state index in [1.807, 2.05) is 0 Å². The number of fused-ring (bicyclic) bond motifs is 1. The van der Waals surface area contributed by atoms with Crippen LogP contribution < -0.4 is 10.5 Å². The number of carbonyl (C=O) groups excluding carboxylic acids is 1. The number of likely N-dealkylation sites (N-methyl/N-ethyl adjacent to an activating group) is 1. The molecule has 2 aliphatic rings. The number of H-pyrrole nitrogens is 1. The van der Waals surface area contributed by atoms with Gasteiger partial charge in [-0.2, -0.15) is 5.10 Å². The van der Waals surface area contributed by atoms with Crippen molar-refractivity contribution in [2.24, 2.45) is 0 Å². The van der Waals surface area contributed by atoms with E-state index >= 15 is 0 Å². The van der Waals surface area contributed by atoms with E-state index in [9.17, 15) is 9.59 Å². The summed E-state index contributed by atoms with van der Waals surface area (Å²) in [6, 6.07) is 2.14. The van der Waals surface area contributed by atoms with Crippen LogP contribution in [-0.4, -0.2) is 57.2 Å². The van der Waals surface area contributed by atoms with E-state index in [0.29, 0.717) is 13.1 Å². The summed E-state index contributed by atoms with van der Waals surface area (Å²) in [5.74, 6) is 0.505. The topological polar surface area (TPSA) is 95.1 Å². The van der Waals surface area contributed by atoms with E-state index in [1.54, 1.807) is 11.9 Å². The first kappa shape index (κ1) is 14.8. The summed E-state index contributed by atoms with van der Waals surface area (Å²) in [6.45, 7) is 1.36. The Balaban J connectivity index is 1.43. The smallest absolute Gasteiger partial charge is 0.279 e. The largest absolute Gasteiger partial charge is 0.351 e. The van der Waals surface area contributed by atoms with Crippen molar-refractivity contribution in [1.29, 1.82) is 0 Å². The molecule has 124 valence electrons. The van der Waals surface area contributed by atoms with Gasteiger partial charge in [-0.3, -0.25) is 9.59 Å². The van der Waals surface area contributed by atoms with E-state index in [2.05, 4.69) is 31.1 Å². The molecule has 1 saturated heterocycles. The Morgan fingerprint density at radius 1 is 1.33 bits per heavy atom. The standard InChI is InChI=1S/C16H18N6O2/c1-21(16(24)14-15(23)18-6-5-17-14)11-8-22(9-11)13-7-10-3-2-4-12(10)19-20-13/h5-7,11H,2-4,8-9H2,1H3,(H,18,23). The molecule has 0 radical (unpaired) electrons. The van der Waals surface area contributed by atoms with E-state index in [0.717, 1.165) is 30.8 Å². The van der Waals surface area contributed by atoms with Crippen LogP contribution in [0.25, 0.3) is 0 Å². The highest BCUT2D eigenvalue weighted by Gasteiger charge is 2.35. The normalized spacial score (nSPS) is 16.6. The number of nitrogens with zero attached hydrogens (tertiary/aromatic N) is 5. The van der Waals surface area contributed by atoms with Gasteiger partial charge in [-0.15, -0.1) is 5.10 Å². The number of amides is 1. The molecule has 1 N–H and O–H groups in total. The molecule has 0 bridgehead atoms. The van der Waals surface area contributed by atoms with Crippen molar-refractivity contribution in [2.45, 2.75) is 25.3 Å². The zero-order chi connectivity index (χ0) is 16.7. The van der Waals surface area contributed by atoms with E-state index < -0.39 is 5.56 Å². The van der Waals surface area contributed by atoms with Gasteiger partial charge in [0.15, 0.2) is 11.5 Å². The van der Waals surface area contributed by atoms with Crippen molar-refractivity contribution in [3.05, 3.63) is 45.8 Å². The zero-order valence-electron chi connectivity index (χ0n) is 13.4. The van der Waals surface area contributed by atoms with Crippen molar-refractivity contribution in [3.8, 4) is 0 Å². The number of aryl methyl sites for hydroxylation is 2. The van der Waals surface area contributed by atoms with Gasteiger partial charge in [-0.25, -0.2) is 4.98 Å². The Morgan fingerprint density at radius 2 is 2.17 bits per heavy atom. The van der Waals surface area contributed by atoms with Crippen LogP contribution in [0.5, 0.6) is 0 Å². The lowest BCUT2D eigenvalue weighted by molar-refractivity contribution is 0.0697. The van der Waals surface area contributed by atoms with E-state index in [4.69, 9.17) is 0 Å². The van der Waals surface area contributed by atoms with Gasteiger partial charge in [0, 0.05) is 32.5 Å². The molecule has 0 atom stereocenters. The van der Waals surface area contributed by atoms with E-state index in [1.165, 1.54) is 18.0 Å². The number of nitrogens with one attached hydrogen (secondary N) is 1. The average Bonchev–Trinajstić information content (AvgIpc) is 3.01. The van der Waals surface area contributed by atoms with Gasteiger partial charge in [0.2, 0.25) is 0 Å². The quantitative estimate of drug-likeness (QED) is 0.854. The van der Waals surface area contributed by atoms with Gasteiger partial charge in [0.05, 0.1) is 11.7 Å². The first-order valence-corrected chi connectivity index (χ1v) is 8.05. The Labute approximate surface area is 138 Å². The Morgan fingerprint density at radius 3 is 2.96 bits per heavy atom. The molecule has 24 heavy (non-hydrogen) atoms. The van der Waals surface area contributed by atoms with Crippen molar-refractivity contribution >= 4 is 11.7 Å². The first-order valence-electron chi connectivity index (χ1n) is 8.05. The molecule has 2 aromatic heterocycles. The Hall–Kier alpha value is -2.77. The average molecular weight is 326 g/mol. The monoisotopic (exact) mass is 326 g/mol. The van der Waals surface area contributed by atoms with Crippen LogP contribution in [0.15, 0.2) is 23.3 Å². The van der Waals surface area contributed by atoms with Crippen LogP contribution >= 0.6 is 0 Å². The highest BCUT2D eigenvalue weighted by atomic mass is 16.2. The molecule has 1 aliphatic heterocycles. The van der Waals surface area contributed by atoms with Gasteiger partial charge in [-0.1, -0.05) is 0 Å². The highest BCUT2D eigenvalue weighted by Crippen LogP contribution is 2.26. The molecule has 0 saturated carbocycles. The molecule has 2 aromatic rings. The molecule has 8 heteroatoms. The molecular weight excluding hydrogens is 308 g/mol. The van der Waals surface area contributed by atoms with Crippen LogP contribution in [0, 0.1) is 0 Å². The van der Waals surface area contributed by atoms with Gasteiger partial charge in [-0.05, 0) is 30.9 Å². The van der Waals surface area contributed by atoms with Crippen LogP contribution in [0.2, 0.25) is 0 Å².